The Kier molecular flexibility index (Phi) is 6.34. The van der Waals surface area contributed by atoms with Crippen molar-refractivity contribution in [3.8, 4) is 5.75 Å². The van der Waals surface area contributed by atoms with Crippen LogP contribution in [0.15, 0.2) is 30.3 Å². The molecule has 29 heavy (non-hydrogen) atoms. The zero-order chi connectivity index (χ0) is 20.2. The average molecular weight is 396 g/mol. The molecule has 4 rings (SSSR count). The maximum absolute atomic E-state index is 12.5. The molecule has 1 aromatic heterocycles. The Morgan fingerprint density at radius 1 is 1.17 bits per heavy atom. The lowest BCUT2D eigenvalue weighted by molar-refractivity contribution is 0.0939. The fraction of sp³-hybridized carbons (Fsp3) is 0.583. The second-order valence-electron chi connectivity index (χ2n) is 8.88. The van der Waals surface area contributed by atoms with Gasteiger partial charge in [-0.3, -0.25) is 9.69 Å². The number of aromatic nitrogens is 1. The van der Waals surface area contributed by atoms with Crippen molar-refractivity contribution >= 4 is 16.8 Å². The molecule has 1 aliphatic heterocycles. The number of carbonyl (C=O) groups excluding carboxylic acids is 1. The molecule has 2 aliphatic rings. The summed E-state index contributed by atoms with van der Waals surface area (Å²) in [4.78, 5) is 19.5. The summed E-state index contributed by atoms with van der Waals surface area (Å²) in [6.45, 7) is 7.30. The lowest BCUT2D eigenvalue weighted by Gasteiger charge is -2.21. The van der Waals surface area contributed by atoms with E-state index in [1.165, 1.54) is 32.1 Å². The van der Waals surface area contributed by atoms with Gasteiger partial charge in [0.1, 0.15) is 17.5 Å². The van der Waals surface area contributed by atoms with Crippen molar-refractivity contribution in [2.75, 3.05) is 19.6 Å². The Morgan fingerprint density at radius 2 is 2.00 bits per heavy atom. The average Bonchev–Trinajstić information content (AvgIpc) is 3.21. The highest BCUT2D eigenvalue weighted by atomic mass is 16.5. The molecule has 1 aromatic carbocycles. The van der Waals surface area contributed by atoms with Crippen molar-refractivity contribution in [2.24, 2.45) is 5.92 Å². The summed E-state index contributed by atoms with van der Waals surface area (Å²) in [5.74, 6) is 1.43. The van der Waals surface area contributed by atoms with Crippen LogP contribution in [-0.2, 0) is 0 Å². The third kappa shape index (κ3) is 5.08. The van der Waals surface area contributed by atoms with Gasteiger partial charge in [-0.1, -0.05) is 25.3 Å². The fourth-order valence-electron chi connectivity index (χ4n) is 4.53. The maximum atomic E-state index is 12.5. The zero-order valence-electron chi connectivity index (χ0n) is 17.7. The Labute approximate surface area is 173 Å². The molecule has 1 aliphatic carbocycles. The van der Waals surface area contributed by atoms with E-state index in [0.29, 0.717) is 17.7 Å². The van der Waals surface area contributed by atoms with E-state index in [9.17, 15) is 4.79 Å². The topological polar surface area (TPSA) is 54.5 Å². The quantitative estimate of drug-likeness (QED) is 0.787. The van der Waals surface area contributed by atoms with Crippen LogP contribution in [0, 0.1) is 5.92 Å². The molecule has 156 valence electrons. The monoisotopic (exact) mass is 395 g/mol. The number of benzene rings is 1. The molecule has 0 bridgehead atoms. The molecular formula is C24H33N3O2. The van der Waals surface area contributed by atoms with Crippen LogP contribution < -0.4 is 10.1 Å². The van der Waals surface area contributed by atoms with Crippen LogP contribution in [0.25, 0.3) is 10.9 Å². The van der Waals surface area contributed by atoms with Crippen molar-refractivity contribution in [2.45, 2.75) is 64.5 Å². The SMILES string of the molecule is CC(C)N1CCC(Oc2ccc3nc(C(=O)NCC4CCCCC4)ccc3c2)C1. The number of nitrogens with one attached hydrogen (secondary N) is 1. The van der Waals surface area contributed by atoms with Gasteiger partial charge in [-0.25, -0.2) is 4.98 Å². The number of hydrogen-bond acceptors (Lipinski definition) is 4. The van der Waals surface area contributed by atoms with E-state index in [2.05, 4.69) is 29.0 Å². The summed E-state index contributed by atoms with van der Waals surface area (Å²) in [5, 5.41) is 4.08. The fourth-order valence-corrected chi connectivity index (χ4v) is 4.53. The third-order valence-electron chi connectivity index (χ3n) is 6.38. The van der Waals surface area contributed by atoms with Gasteiger partial charge in [0.05, 0.1) is 5.52 Å². The van der Waals surface area contributed by atoms with E-state index in [1.54, 1.807) is 0 Å². The van der Waals surface area contributed by atoms with Gasteiger partial charge >= 0.3 is 0 Å². The van der Waals surface area contributed by atoms with Crippen LogP contribution in [0.3, 0.4) is 0 Å². The summed E-state index contributed by atoms with van der Waals surface area (Å²) >= 11 is 0. The highest BCUT2D eigenvalue weighted by Crippen LogP contribution is 2.25. The van der Waals surface area contributed by atoms with Crippen molar-refractivity contribution in [1.29, 1.82) is 0 Å². The van der Waals surface area contributed by atoms with Gasteiger partial charge in [0.15, 0.2) is 0 Å². The highest BCUT2D eigenvalue weighted by molar-refractivity contribution is 5.95. The Morgan fingerprint density at radius 3 is 2.76 bits per heavy atom. The number of nitrogens with zero attached hydrogens (tertiary/aromatic N) is 2. The number of hydrogen-bond donors (Lipinski definition) is 1. The van der Waals surface area contributed by atoms with Gasteiger partial charge in [-0.2, -0.15) is 0 Å². The molecule has 2 fully saturated rings. The Hall–Kier alpha value is -2.14. The number of likely N-dealkylation sites (tertiary alicyclic amines) is 1. The highest BCUT2D eigenvalue weighted by Gasteiger charge is 2.25. The number of fused-ring (bicyclic) bond motifs is 1. The molecule has 1 amide bonds. The summed E-state index contributed by atoms with van der Waals surface area (Å²) < 4.78 is 6.20. The minimum absolute atomic E-state index is 0.0717. The maximum Gasteiger partial charge on any atom is 0.269 e. The summed E-state index contributed by atoms with van der Waals surface area (Å²) in [5.41, 5.74) is 1.32. The van der Waals surface area contributed by atoms with Crippen LogP contribution in [0.1, 0.15) is 62.9 Å². The Bertz CT molecular complexity index is 845. The largest absolute Gasteiger partial charge is 0.489 e. The second kappa shape index (κ2) is 9.12. The molecule has 0 spiro atoms. The standard InChI is InChI=1S/C24H33N3O2/c1-17(2)27-13-12-21(16-27)29-20-9-11-22-19(14-20)8-10-23(26-22)24(28)25-15-18-6-4-3-5-7-18/h8-11,14,17-18,21H,3-7,12-13,15-16H2,1-2H3,(H,25,28). The normalized spacial score (nSPS) is 21.0. The summed E-state index contributed by atoms with van der Waals surface area (Å²) in [7, 11) is 0. The first kappa shape index (κ1) is 20.1. The molecule has 5 heteroatoms. The van der Waals surface area contributed by atoms with E-state index in [0.717, 1.165) is 42.7 Å². The lowest BCUT2D eigenvalue weighted by Crippen LogP contribution is -2.30. The molecule has 1 unspecified atom stereocenters. The van der Waals surface area contributed by atoms with Crippen LogP contribution >= 0.6 is 0 Å². The van der Waals surface area contributed by atoms with Gasteiger partial charge in [0, 0.05) is 31.1 Å². The lowest BCUT2D eigenvalue weighted by atomic mass is 9.89. The summed E-state index contributed by atoms with van der Waals surface area (Å²) in [6.07, 6.45) is 7.67. The number of carbonyl (C=O) groups is 1. The van der Waals surface area contributed by atoms with Crippen molar-refractivity contribution in [1.82, 2.24) is 15.2 Å². The minimum atomic E-state index is -0.0717. The molecule has 1 atom stereocenters. The predicted molar refractivity (Wildman–Crippen MR) is 116 cm³/mol. The van der Waals surface area contributed by atoms with Crippen molar-refractivity contribution < 1.29 is 9.53 Å². The van der Waals surface area contributed by atoms with Gasteiger partial charge in [0.25, 0.3) is 5.91 Å². The van der Waals surface area contributed by atoms with Gasteiger partial charge in [0.2, 0.25) is 0 Å². The summed E-state index contributed by atoms with van der Waals surface area (Å²) in [6, 6.07) is 10.3. The molecule has 0 radical (unpaired) electrons. The minimum Gasteiger partial charge on any atom is -0.489 e. The van der Waals surface area contributed by atoms with E-state index < -0.39 is 0 Å². The number of pyridine rings is 1. The van der Waals surface area contributed by atoms with E-state index in [-0.39, 0.29) is 12.0 Å². The molecule has 5 nitrogen and oxygen atoms in total. The van der Waals surface area contributed by atoms with Crippen molar-refractivity contribution in [3.05, 3.63) is 36.0 Å². The van der Waals surface area contributed by atoms with Crippen LogP contribution in [0.4, 0.5) is 0 Å². The molecule has 2 aromatic rings. The number of ether oxygens (including phenoxy) is 1. The first-order valence-corrected chi connectivity index (χ1v) is 11.2. The molecule has 1 saturated heterocycles. The second-order valence-corrected chi connectivity index (χ2v) is 8.88. The predicted octanol–water partition coefficient (Wildman–Crippen LogP) is 4.41. The number of rotatable bonds is 6. The molecule has 1 N–H and O–H groups in total. The smallest absolute Gasteiger partial charge is 0.269 e. The third-order valence-corrected chi connectivity index (χ3v) is 6.38. The van der Waals surface area contributed by atoms with Gasteiger partial charge in [-0.05, 0) is 63.3 Å². The first-order chi connectivity index (χ1) is 14.1. The van der Waals surface area contributed by atoms with Crippen LogP contribution in [0.2, 0.25) is 0 Å². The number of amides is 1. The molecular weight excluding hydrogens is 362 g/mol. The van der Waals surface area contributed by atoms with Crippen LogP contribution in [0.5, 0.6) is 5.75 Å². The zero-order valence-corrected chi connectivity index (χ0v) is 17.7. The molecule has 2 heterocycles. The van der Waals surface area contributed by atoms with Crippen molar-refractivity contribution in [3.63, 3.8) is 0 Å². The van der Waals surface area contributed by atoms with E-state index in [1.807, 2.05) is 30.3 Å². The van der Waals surface area contributed by atoms with Gasteiger partial charge in [-0.15, -0.1) is 0 Å². The Balaban J connectivity index is 1.37. The van der Waals surface area contributed by atoms with E-state index >= 15 is 0 Å². The first-order valence-electron chi connectivity index (χ1n) is 11.2. The van der Waals surface area contributed by atoms with Crippen LogP contribution in [-0.4, -0.2) is 47.6 Å². The molecule has 1 saturated carbocycles. The van der Waals surface area contributed by atoms with Gasteiger partial charge < -0.3 is 10.1 Å². The van der Waals surface area contributed by atoms with E-state index in [4.69, 9.17) is 4.74 Å².